The molecular formula is C13H15BrN2. The summed E-state index contributed by atoms with van der Waals surface area (Å²) in [5.74, 6) is 1.72. The average molecular weight is 279 g/mol. The molecule has 1 fully saturated rings. The Bertz CT molecular complexity index is 538. The molecule has 1 aromatic carbocycles. The van der Waals surface area contributed by atoms with E-state index in [2.05, 4.69) is 52.5 Å². The Balaban J connectivity index is 2.29. The van der Waals surface area contributed by atoms with Crippen molar-refractivity contribution in [3.05, 3.63) is 28.5 Å². The summed E-state index contributed by atoms with van der Waals surface area (Å²) in [5, 5.41) is 0. The molecule has 1 aliphatic rings. The van der Waals surface area contributed by atoms with Gasteiger partial charge >= 0.3 is 0 Å². The normalized spacial score (nSPS) is 16.2. The van der Waals surface area contributed by atoms with Crippen molar-refractivity contribution in [2.45, 2.75) is 38.6 Å². The molecule has 3 rings (SSSR count). The number of rotatable bonds is 2. The van der Waals surface area contributed by atoms with E-state index in [1.807, 2.05) is 0 Å². The summed E-state index contributed by atoms with van der Waals surface area (Å²) in [4.78, 5) is 4.76. The second-order valence-electron chi connectivity index (χ2n) is 4.86. The van der Waals surface area contributed by atoms with E-state index in [1.54, 1.807) is 0 Å². The van der Waals surface area contributed by atoms with Gasteiger partial charge in [-0.15, -0.1) is 0 Å². The monoisotopic (exact) mass is 278 g/mol. The fourth-order valence-corrected chi connectivity index (χ4v) is 2.56. The number of hydrogen-bond acceptors (Lipinski definition) is 1. The number of nitrogens with zero attached hydrogens (tertiary/aromatic N) is 2. The molecule has 2 nitrogen and oxygen atoms in total. The van der Waals surface area contributed by atoms with Gasteiger partial charge in [-0.2, -0.15) is 0 Å². The predicted molar refractivity (Wildman–Crippen MR) is 69.8 cm³/mol. The van der Waals surface area contributed by atoms with Gasteiger partial charge in [-0.3, -0.25) is 0 Å². The molecular weight excluding hydrogens is 264 g/mol. The molecule has 2 aromatic rings. The number of hydrogen-bond donors (Lipinski definition) is 0. The lowest BCUT2D eigenvalue weighted by Gasteiger charge is -2.09. The highest BCUT2D eigenvalue weighted by atomic mass is 79.9. The number of aromatic nitrogens is 2. The molecule has 1 aromatic heterocycles. The molecule has 0 aliphatic heterocycles. The Hall–Kier alpha value is -0.830. The van der Waals surface area contributed by atoms with E-state index >= 15 is 0 Å². The SMILES string of the molecule is CC(C)c1nc2ccc(Br)cc2n1C1CC1. The number of imidazole rings is 1. The third kappa shape index (κ3) is 1.58. The van der Waals surface area contributed by atoms with Gasteiger partial charge in [0.25, 0.3) is 0 Å². The van der Waals surface area contributed by atoms with Gasteiger partial charge in [0.05, 0.1) is 11.0 Å². The van der Waals surface area contributed by atoms with Gasteiger partial charge in [-0.25, -0.2) is 4.98 Å². The van der Waals surface area contributed by atoms with Crippen molar-refractivity contribution in [1.82, 2.24) is 9.55 Å². The molecule has 1 aliphatic carbocycles. The minimum Gasteiger partial charge on any atom is -0.325 e. The molecule has 0 spiro atoms. The third-order valence-electron chi connectivity index (χ3n) is 3.11. The zero-order valence-electron chi connectivity index (χ0n) is 9.57. The molecule has 0 radical (unpaired) electrons. The van der Waals surface area contributed by atoms with Crippen LogP contribution in [0.1, 0.15) is 44.5 Å². The van der Waals surface area contributed by atoms with Crippen LogP contribution in [0.2, 0.25) is 0 Å². The van der Waals surface area contributed by atoms with Gasteiger partial charge in [0.15, 0.2) is 0 Å². The fourth-order valence-electron chi connectivity index (χ4n) is 2.21. The van der Waals surface area contributed by atoms with Crippen molar-refractivity contribution in [2.75, 3.05) is 0 Å². The van der Waals surface area contributed by atoms with E-state index in [0.717, 1.165) is 9.99 Å². The van der Waals surface area contributed by atoms with Crippen LogP contribution in [0.3, 0.4) is 0 Å². The molecule has 0 N–H and O–H groups in total. The van der Waals surface area contributed by atoms with Crippen molar-refractivity contribution in [3.63, 3.8) is 0 Å². The van der Waals surface area contributed by atoms with E-state index in [-0.39, 0.29) is 0 Å². The van der Waals surface area contributed by atoms with Gasteiger partial charge in [0.1, 0.15) is 5.82 Å². The standard InChI is InChI=1S/C13H15BrN2/c1-8(2)13-15-11-6-3-9(14)7-12(11)16(13)10-4-5-10/h3,6-8,10H,4-5H2,1-2H3. The Morgan fingerprint density at radius 3 is 2.75 bits per heavy atom. The first-order valence-electron chi connectivity index (χ1n) is 5.84. The largest absolute Gasteiger partial charge is 0.325 e. The predicted octanol–water partition coefficient (Wildman–Crippen LogP) is 4.26. The van der Waals surface area contributed by atoms with E-state index in [4.69, 9.17) is 4.98 Å². The molecule has 0 unspecified atom stereocenters. The molecule has 3 heteroatoms. The smallest absolute Gasteiger partial charge is 0.112 e. The first-order chi connectivity index (χ1) is 7.66. The zero-order chi connectivity index (χ0) is 11.3. The first kappa shape index (κ1) is 10.3. The van der Waals surface area contributed by atoms with E-state index < -0.39 is 0 Å². The van der Waals surface area contributed by atoms with Gasteiger partial charge in [-0.05, 0) is 31.0 Å². The minimum absolute atomic E-state index is 0.492. The van der Waals surface area contributed by atoms with E-state index in [0.29, 0.717) is 12.0 Å². The maximum atomic E-state index is 4.76. The fraction of sp³-hybridized carbons (Fsp3) is 0.462. The summed E-state index contributed by atoms with van der Waals surface area (Å²) in [5.41, 5.74) is 2.40. The summed E-state index contributed by atoms with van der Waals surface area (Å²) < 4.78 is 3.57. The van der Waals surface area contributed by atoms with E-state index in [9.17, 15) is 0 Å². The quantitative estimate of drug-likeness (QED) is 0.803. The van der Waals surface area contributed by atoms with Crippen LogP contribution in [-0.4, -0.2) is 9.55 Å². The summed E-state index contributed by atoms with van der Waals surface area (Å²) in [7, 11) is 0. The Morgan fingerprint density at radius 2 is 2.12 bits per heavy atom. The number of fused-ring (bicyclic) bond motifs is 1. The zero-order valence-corrected chi connectivity index (χ0v) is 11.2. The van der Waals surface area contributed by atoms with Gasteiger partial charge < -0.3 is 4.57 Å². The van der Waals surface area contributed by atoms with Crippen LogP contribution in [0.15, 0.2) is 22.7 Å². The van der Waals surface area contributed by atoms with Gasteiger partial charge in [-0.1, -0.05) is 29.8 Å². The Kier molecular flexibility index (Phi) is 2.32. The first-order valence-corrected chi connectivity index (χ1v) is 6.63. The summed E-state index contributed by atoms with van der Waals surface area (Å²) in [6.07, 6.45) is 2.61. The van der Waals surface area contributed by atoms with Gasteiger partial charge in [0.2, 0.25) is 0 Å². The topological polar surface area (TPSA) is 17.8 Å². The summed E-state index contributed by atoms with van der Waals surface area (Å²) >= 11 is 3.54. The number of benzene rings is 1. The van der Waals surface area contributed by atoms with E-state index in [1.165, 1.54) is 24.2 Å². The third-order valence-corrected chi connectivity index (χ3v) is 3.60. The minimum atomic E-state index is 0.492. The molecule has 1 saturated carbocycles. The number of halogens is 1. The Labute approximate surface area is 104 Å². The lowest BCUT2D eigenvalue weighted by atomic mass is 10.2. The lowest BCUT2D eigenvalue weighted by Crippen LogP contribution is -2.03. The summed E-state index contributed by atoms with van der Waals surface area (Å²) in [6, 6.07) is 7.05. The highest BCUT2D eigenvalue weighted by molar-refractivity contribution is 9.10. The summed E-state index contributed by atoms with van der Waals surface area (Å²) in [6.45, 7) is 4.43. The maximum absolute atomic E-state index is 4.76. The van der Waals surface area contributed by atoms with Gasteiger partial charge in [0, 0.05) is 16.4 Å². The Morgan fingerprint density at radius 1 is 1.38 bits per heavy atom. The van der Waals surface area contributed by atoms with Crippen LogP contribution in [0.4, 0.5) is 0 Å². The van der Waals surface area contributed by atoms with Crippen molar-refractivity contribution >= 4 is 27.0 Å². The van der Waals surface area contributed by atoms with Crippen LogP contribution >= 0.6 is 15.9 Å². The molecule has 0 bridgehead atoms. The molecule has 1 heterocycles. The van der Waals surface area contributed by atoms with Crippen LogP contribution in [0.25, 0.3) is 11.0 Å². The van der Waals surface area contributed by atoms with Crippen LogP contribution < -0.4 is 0 Å². The lowest BCUT2D eigenvalue weighted by molar-refractivity contribution is 0.654. The van der Waals surface area contributed by atoms with Crippen molar-refractivity contribution < 1.29 is 0 Å². The molecule has 84 valence electrons. The molecule has 16 heavy (non-hydrogen) atoms. The maximum Gasteiger partial charge on any atom is 0.112 e. The second kappa shape index (κ2) is 3.59. The highest BCUT2D eigenvalue weighted by Crippen LogP contribution is 2.40. The second-order valence-corrected chi connectivity index (χ2v) is 5.77. The van der Waals surface area contributed by atoms with Crippen LogP contribution in [0, 0.1) is 0 Å². The van der Waals surface area contributed by atoms with Crippen molar-refractivity contribution in [3.8, 4) is 0 Å². The van der Waals surface area contributed by atoms with Crippen molar-refractivity contribution in [1.29, 1.82) is 0 Å². The molecule has 0 atom stereocenters. The molecule has 0 saturated heterocycles. The van der Waals surface area contributed by atoms with Crippen molar-refractivity contribution in [2.24, 2.45) is 0 Å². The van der Waals surface area contributed by atoms with Crippen LogP contribution in [0.5, 0.6) is 0 Å². The molecule has 0 amide bonds. The van der Waals surface area contributed by atoms with Crippen LogP contribution in [-0.2, 0) is 0 Å². The average Bonchev–Trinajstić information content (AvgIpc) is 2.99. The highest BCUT2D eigenvalue weighted by Gasteiger charge is 2.28.